The van der Waals surface area contributed by atoms with Crippen LogP contribution >= 0.6 is 0 Å². The van der Waals surface area contributed by atoms with Gasteiger partial charge < -0.3 is 28.6 Å². The number of morpholine rings is 1. The molecule has 0 aromatic heterocycles. The Hall–Kier alpha value is -3.99. The second kappa shape index (κ2) is 10.1. The van der Waals surface area contributed by atoms with Crippen molar-refractivity contribution in [3.8, 4) is 23.0 Å². The second-order valence-corrected chi connectivity index (χ2v) is 7.12. The summed E-state index contributed by atoms with van der Waals surface area (Å²) in [5, 5.41) is 0. The van der Waals surface area contributed by atoms with E-state index < -0.39 is 11.8 Å². The Kier molecular flexibility index (Phi) is 6.79. The van der Waals surface area contributed by atoms with Gasteiger partial charge in [0.1, 0.15) is 0 Å². The summed E-state index contributed by atoms with van der Waals surface area (Å²) in [6, 6.07) is 9.18. The van der Waals surface area contributed by atoms with Gasteiger partial charge in [-0.3, -0.25) is 25.2 Å². The smallest absolute Gasteiger partial charge is 0.269 e. The molecule has 1 saturated heterocycles. The number of carbonyl (C=O) groups excluding carboxylic acids is 3. The van der Waals surface area contributed by atoms with Gasteiger partial charge in [0.25, 0.3) is 17.7 Å². The zero-order valence-corrected chi connectivity index (χ0v) is 17.9. The highest BCUT2D eigenvalue weighted by Crippen LogP contribution is 2.32. The summed E-state index contributed by atoms with van der Waals surface area (Å²) in [5.74, 6) is 0.375. The molecule has 0 bridgehead atoms. The Labute approximate surface area is 189 Å². The summed E-state index contributed by atoms with van der Waals surface area (Å²) in [6.45, 7) is 1.99. The van der Waals surface area contributed by atoms with Crippen LogP contribution in [0, 0.1) is 0 Å². The molecule has 11 nitrogen and oxygen atoms in total. The van der Waals surface area contributed by atoms with E-state index in [1.54, 1.807) is 17.0 Å². The molecule has 2 aromatic carbocycles. The van der Waals surface area contributed by atoms with Crippen LogP contribution in [0.5, 0.6) is 23.0 Å². The van der Waals surface area contributed by atoms with Gasteiger partial charge in [-0.15, -0.1) is 0 Å². The Morgan fingerprint density at radius 3 is 2.30 bits per heavy atom. The molecule has 0 atom stereocenters. The van der Waals surface area contributed by atoms with Crippen LogP contribution in [-0.4, -0.2) is 69.4 Å². The highest BCUT2D eigenvalue weighted by Gasteiger charge is 2.19. The van der Waals surface area contributed by atoms with Crippen LogP contribution in [0.3, 0.4) is 0 Å². The van der Waals surface area contributed by atoms with Crippen LogP contribution < -0.4 is 29.8 Å². The van der Waals surface area contributed by atoms with E-state index in [0.717, 1.165) is 0 Å². The molecule has 2 heterocycles. The van der Waals surface area contributed by atoms with E-state index in [-0.39, 0.29) is 30.6 Å². The standard InChI is InChI=1S/C22H23N3O8/c1-29-18-10-14(2-4-16(18)31-12-20(26)25-6-8-30-9-7-25)21(27)23-24-22(28)15-3-5-17-19(11-15)33-13-32-17/h2-5,10-11H,6-9,12-13H2,1H3,(H,23,27)(H,24,28). The fourth-order valence-electron chi connectivity index (χ4n) is 3.27. The van der Waals surface area contributed by atoms with Crippen molar-refractivity contribution in [2.45, 2.75) is 0 Å². The first-order valence-electron chi connectivity index (χ1n) is 10.2. The maximum absolute atomic E-state index is 12.5. The third-order valence-corrected chi connectivity index (χ3v) is 5.07. The minimum atomic E-state index is -0.557. The van der Waals surface area contributed by atoms with Crippen LogP contribution in [0.2, 0.25) is 0 Å². The monoisotopic (exact) mass is 457 g/mol. The zero-order chi connectivity index (χ0) is 23.2. The molecule has 3 amide bonds. The lowest BCUT2D eigenvalue weighted by Crippen LogP contribution is -2.43. The third-order valence-electron chi connectivity index (χ3n) is 5.07. The Morgan fingerprint density at radius 2 is 1.58 bits per heavy atom. The average molecular weight is 457 g/mol. The van der Waals surface area contributed by atoms with Gasteiger partial charge in [0, 0.05) is 24.2 Å². The van der Waals surface area contributed by atoms with Crippen molar-refractivity contribution in [2.75, 3.05) is 46.8 Å². The SMILES string of the molecule is COc1cc(C(=O)NNC(=O)c2ccc3c(c2)OCO3)ccc1OCC(=O)N1CCOCC1. The van der Waals surface area contributed by atoms with Gasteiger partial charge in [-0.05, 0) is 36.4 Å². The lowest BCUT2D eigenvalue weighted by Gasteiger charge is -2.26. The molecule has 174 valence electrons. The molecule has 0 spiro atoms. The quantitative estimate of drug-likeness (QED) is 0.609. The number of hydrogen-bond acceptors (Lipinski definition) is 8. The minimum Gasteiger partial charge on any atom is -0.493 e. The number of methoxy groups -OCH3 is 1. The van der Waals surface area contributed by atoms with Crippen molar-refractivity contribution >= 4 is 17.7 Å². The molecule has 2 N–H and O–H groups in total. The topological polar surface area (TPSA) is 125 Å². The Bertz CT molecular complexity index is 1050. The fourth-order valence-corrected chi connectivity index (χ4v) is 3.27. The summed E-state index contributed by atoms with van der Waals surface area (Å²) in [6.07, 6.45) is 0. The van der Waals surface area contributed by atoms with E-state index in [0.29, 0.717) is 49.1 Å². The first kappa shape index (κ1) is 22.2. The summed E-state index contributed by atoms with van der Waals surface area (Å²) in [4.78, 5) is 38.7. The number of ether oxygens (including phenoxy) is 5. The zero-order valence-electron chi connectivity index (χ0n) is 17.9. The normalized spacial score (nSPS) is 14.4. The maximum atomic E-state index is 12.5. The maximum Gasteiger partial charge on any atom is 0.269 e. The minimum absolute atomic E-state index is 0.0973. The molecule has 1 fully saturated rings. The third kappa shape index (κ3) is 5.26. The van der Waals surface area contributed by atoms with E-state index in [1.165, 1.54) is 31.4 Å². The van der Waals surface area contributed by atoms with Crippen molar-refractivity contribution in [1.82, 2.24) is 15.8 Å². The van der Waals surface area contributed by atoms with Crippen LogP contribution in [0.1, 0.15) is 20.7 Å². The molecule has 2 aliphatic heterocycles. The molecule has 11 heteroatoms. The number of nitrogens with zero attached hydrogens (tertiary/aromatic N) is 1. The fraction of sp³-hybridized carbons (Fsp3) is 0.318. The van der Waals surface area contributed by atoms with Crippen LogP contribution in [0.25, 0.3) is 0 Å². The summed E-state index contributed by atoms with van der Waals surface area (Å²) >= 11 is 0. The van der Waals surface area contributed by atoms with Gasteiger partial charge in [0.2, 0.25) is 6.79 Å². The van der Waals surface area contributed by atoms with E-state index in [2.05, 4.69) is 10.9 Å². The lowest BCUT2D eigenvalue weighted by molar-refractivity contribution is -0.137. The molecular formula is C22H23N3O8. The van der Waals surface area contributed by atoms with Crippen molar-refractivity contribution in [1.29, 1.82) is 0 Å². The van der Waals surface area contributed by atoms with Gasteiger partial charge in [-0.25, -0.2) is 0 Å². The number of fused-ring (bicyclic) bond motifs is 1. The number of benzene rings is 2. The van der Waals surface area contributed by atoms with Crippen molar-refractivity contribution in [3.05, 3.63) is 47.5 Å². The van der Waals surface area contributed by atoms with Crippen LogP contribution in [0.4, 0.5) is 0 Å². The number of rotatable bonds is 6. The predicted molar refractivity (Wildman–Crippen MR) is 113 cm³/mol. The molecular weight excluding hydrogens is 434 g/mol. The first-order chi connectivity index (χ1) is 16.0. The first-order valence-corrected chi connectivity index (χ1v) is 10.2. The van der Waals surface area contributed by atoms with Crippen LogP contribution in [0.15, 0.2) is 36.4 Å². The Balaban J connectivity index is 1.33. The van der Waals surface area contributed by atoms with Gasteiger partial charge in [0.15, 0.2) is 29.6 Å². The van der Waals surface area contributed by atoms with Crippen LogP contribution in [-0.2, 0) is 9.53 Å². The summed E-state index contributed by atoms with van der Waals surface area (Å²) in [5.41, 5.74) is 5.22. The number of nitrogens with one attached hydrogen (secondary N) is 2. The largest absolute Gasteiger partial charge is 0.493 e. The number of carbonyl (C=O) groups is 3. The molecule has 2 aliphatic rings. The van der Waals surface area contributed by atoms with E-state index in [1.807, 2.05) is 0 Å². The van der Waals surface area contributed by atoms with E-state index >= 15 is 0 Å². The van der Waals surface area contributed by atoms with Crippen molar-refractivity contribution in [2.24, 2.45) is 0 Å². The Morgan fingerprint density at radius 1 is 0.909 bits per heavy atom. The van der Waals surface area contributed by atoms with Gasteiger partial charge in [-0.1, -0.05) is 0 Å². The van der Waals surface area contributed by atoms with E-state index in [4.69, 9.17) is 23.7 Å². The second-order valence-electron chi connectivity index (χ2n) is 7.12. The van der Waals surface area contributed by atoms with Gasteiger partial charge in [0.05, 0.1) is 20.3 Å². The molecule has 33 heavy (non-hydrogen) atoms. The van der Waals surface area contributed by atoms with Crippen molar-refractivity contribution < 1.29 is 38.1 Å². The number of hydrazine groups is 1. The molecule has 2 aromatic rings. The van der Waals surface area contributed by atoms with E-state index in [9.17, 15) is 14.4 Å². The molecule has 0 radical (unpaired) electrons. The average Bonchev–Trinajstić information content (AvgIpc) is 3.34. The predicted octanol–water partition coefficient (Wildman–Crippen LogP) is 0.736. The molecule has 0 aliphatic carbocycles. The molecule has 4 rings (SSSR count). The number of amides is 3. The van der Waals surface area contributed by atoms with Gasteiger partial charge >= 0.3 is 0 Å². The highest BCUT2D eigenvalue weighted by molar-refractivity contribution is 5.99. The summed E-state index contributed by atoms with van der Waals surface area (Å²) < 4.78 is 26.6. The number of hydrogen-bond donors (Lipinski definition) is 2. The molecule has 0 saturated carbocycles. The van der Waals surface area contributed by atoms with Gasteiger partial charge in [-0.2, -0.15) is 0 Å². The molecule has 0 unspecified atom stereocenters. The summed E-state index contributed by atoms with van der Waals surface area (Å²) in [7, 11) is 1.43. The lowest BCUT2D eigenvalue weighted by atomic mass is 10.2. The highest BCUT2D eigenvalue weighted by atomic mass is 16.7. The van der Waals surface area contributed by atoms with Crippen molar-refractivity contribution in [3.63, 3.8) is 0 Å².